The van der Waals surface area contributed by atoms with Crippen LogP contribution in [0.25, 0.3) is 0 Å². The van der Waals surface area contributed by atoms with Gasteiger partial charge in [0.1, 0.15) is 0 Å². The van der Waals surface area contributed by atoms with Gasteiger partial charge in [0, 0.05) is 45.3 Å². The van der Waals surface area contributed by atoms with Crippen LogP contribution in [0.4, 0.5) is 5.00 Å². The zero-order chi connectivity index (χ0) is 19.2. The molecule has 1 N–H and O–H groups in total. The SMILES string of the molecule is CCN1CCN(Cc2ccc(CNC(=O)c3ccc([N+](=O)[O-])s3)cc2)CC1. The number of benzene rings is 1. The molecule has 0 saturated carbocycles. The molecule has 144 valence electrons. The lowest BCUT2D eigenvalue weighted by atomic mass is 10.1. The van der Waals surface area contributed by atoms with Crippen molar-refractivity contribution in [2.45, 2.75) is 20.0 Å². The number of carbonyl (C=O) groups is 1. The van der Waals surface area contributed by atoms with Crippen molar-refractivity contribution in [2.24, 2.45) is 0 Å². The second-order valence-corrected chi connectivity index (χ2v) is 7.67. The summed E-state index contributed by atoms with van der Waals surface area (Å²) in [6.07, 6.45) is 0. The van der Waals surface area contributed by atoms with Crippen LogP contribution in [-0.4, -0.2) is 53.4 Å². The number of carbonyl (C=O) groups excluding carboxylic acids is 1. The van der Waals surface area contributed by atoms with Crippen molar-refractivity contribution in [1.29, 1.82) is 0 Å². The summed E-state index contributed by atoms with van der Waals surface area (Å²) in [7, 11) is 0. The molecule has 1 saturated heterocycles. The van der Waals surface area contributed by atoms with E-state index in [1.807, 2.05) is 12.1 Å². The van der Waals surface area contributed by atoms with Crippen LogP contribution in [0.3, 0.4) is 0 Å². The second-order valence-electron chi connectivity index (χ2n) is 6.60. The van der Waals surface area contributed by atoms with Gasteiger partial charge in [-0.2, -0.15) is 0 Å². The molecule has 2 heterocycles. The van der Waals surface area contributed by atoms with Gasteiger partial charge >= 0.3 is 5.00 Å². The van der Waals surface area contributed by atoms with Crippen molar-refractivity contribution in [1.82, 2.24) is 15.1 Å². The molecule has 8 heteroatoms. The highest BCUT2D eigenvalue weighted by Crippen LogP contribution is 2.23. The number of hydrogen-bond acceptors (Lipinski definition) is 6. The van der Waals surface area contributed by atoms with E-state index >= 15 is 0 Å². The Labute approximate surface area is 162 Å². The average Bonchev–Trinajstić information content (AvgIpc) is 3.18. The molecule has 7 nitrogen and oxygen atoms in total. The summed E-state index contributed by atoms with van der Waals surface area (Å²) in [5.41, 5.74) is 2.28. The standard InChI is InChI=1S/C19H24N4O3S/c1-2-21-9-11-22(12-10-21)14-16-5-3-15(4-6-16)13-20-19(24)17-7-8-18(27-17)23(25)26/h3-8H,2,9-14H2,1H3,(H,20,24). The fourth-order valence-corrected chi connectivity index (χ4v) is 3.84. The van der Waals surface area contributed by atoms with Crippen molar-refractivity contribution >= 4 is 22.2 Å². The van der Waals surface area contributed by atoms with E-state index < -0.39 is 4.92 Å². The van der Waals surface area contributed by atoms with Crippen molar-refractivity contribution in [3.8, 4) is 0 Å². The zero-order valence-corrected chi connectivity index (χ0v) is 16.2. The summed E-state index contributed by atoms with van der Waals surface area (Å²) >= 11 is 0.888. The molecular weight excluding hydrogens is 364 g/mol. The van der Waals surface area contributed by atoms with Gasteiger partial charge in [-0.15, -0.1) is 0 Å². The predicted molar refractivity (Wildman–Crippen MR) is 106 cm³/mol. The second kappa shape index (κ2) is 9.07. The molecule has 1 aromatic carbocycles. The highest BCUT2D eigenvalue weighted by molar-refractivity contribution is 7.17. The molecule has 0 bridgehead atoms. The quantitative estimate of drug-likeness (QED) is 0.583. The third-order valence-corrected chi connectivity index (χ3v) is 5.83. The van der Waals surface area contributed by atoms with Crippen LogP contribution in [0.1, 0.15) is 27.7 Å². The van der Waals surface area contributed by atoms with Crippen LogP contribution in [0.2, 0.25) is 0 Å². The Hall–Kier alpha value is -2.29. The van der Waals surface area contributed by atoms with E-state index in [9.17, 15) is 14.9 Å². The Morgan fingerprint density at radius 1 is 1.07 bits per heavy atom. The maximum atomic E-state index is 12.1. The van der Waals surface area contributed by atoms with Gasteiger partial charge in [-0.25, -0.2) is 0 Å². The number of nitro groups is 1. The fraction of sp³-hybridized carbons (Fsp3) is 0.421. The molecule has 0 spiro atoms. The van der Waals surface area contributed by atoms with E-state index in [0.717, 1.165) is 56.2 Å². The van der Waals surface area contributed by atoms with E-state index in [-0.39, 0.29) is 10.9 Å². The van der Waals surface area contributed by atoms with Gasteiger partial charge in [-0.05, 0) is 23.7 Å². The van der Waals surface area contributed by atoms with Crippen molar-refractivity contribution in [3.63, 3.8) is 0 Å². The minimum Gasteiger partial charge on any atom is -0.347 e. The molecular formula is C19H24N4O3S. The Morgan fingerprint density at radius 2 is 1.70 bits per heavy atom. The molecule has 1 aromatic heterocycles. The number of nitrogens with one attached hydrogen (secondary N) is 1. The molecule has 1 amide bonds. The fourth-order valence-electron chi connectivity index (χ4n) is 3.10. The normalized spacial score (nSPS) is 15.6. The third kappa shape index (κ3) is 5.35. The molecule has 1 aliphatic rings. The maximum absolute atomic E-state index is 12.1. The highest BCUT2D eigenvalue weighted by Gasteiger charge is 2.16. The third-order valence-electron chi connectivity index (χ3n) is 4.79. The molecule has 3 rings (SSSR count). The Morgan fingerprint density at radius 3 is 2.30 bits per heavy atom. The summed E-state index contributed by atoms with van der Waals surface area (Å²) in [5.74, 6) is -0.286. The van der Waals surface area contributed by atoms with Gasteiger partial charge < -0.3 is 10.2 Å². The molecule has 0 radical (unpaired) electrons. The van der Waals surface area contributed by atoms with Crippen LogP contribution in [0, 0.1) is 10.1 Å². The van der Waals surface area contributed by atoms with Gasteiger partial charge in [0.2, 0.25) is 0 Å². The average molecular weight is 388 g/mol. The number of piperazine rings is 1. The Bertz CT molecular complexity index is 783. The van der Waals surface area contributed by atoms with Gasteiger partial charge in [0.05, 0.1) is 9.80 Å². The summed E-state index contributed by atoms with van der Waals surface area (Å²) in [4.78, 5) is 27.6. The molecule has 1 fully saturated rings. The van der Waals surface area contributed by atoms with Crippen LogP contribution in [0.5, 0.6) is 0 Å². The van der Waals surface area contributed by atoms with Crippen molar-refractivity contribution in [2.75, 3.05) is 32.7 Å². The lowest BCUT2D eigenvalue weighted by Crippen LogP contribution is -2.45. The summed E-state index contributed by atoms with van der Waals surface area (Å²) in [5, 5.41) is 13.5. The number of nitrogens with zero attached hydrogens (tertiary/aromatic N) is 3. The van der Waals surface area contributed by atoms with Crippen LogP contribution in [0.15, 0.2) is 36.4 Å². The molecule has 0 unspecified atom stereocenters. The van der Waals surface area contributed by atoms with Crippen LogP contribution >= 0.6 is 11.3 Å². The summed E-state index contributed by atoms with van der Waals surface area (Å²) < 4.78 is 0. The van der Waals surface area contributed by atoms with E-state index in [1.165, 1.54) is 17.7 Å². The number of rotatable bonds is 7. The molecule has 27 heavy (non-hydrogen) atoms. The largest absolute Gasteiger partial charge is 0.347 e. The Kier molecular flexibility index (Phi) is 6.54. The van der Waals surface area contributed by atoms with Crippen molar-refractivity contribution < 1.29 is 9.72 Å². The van der Waals surface area contributed by atoms with Crippen LogP contribution in [-0.2, 0) is 13.1 Å². The van der Waals surface area contributed by atoms with Crippen molar-refractivity contribution in [3.05, 3.63) is 62.5 Å². The highest BCUT2D eigenvalue weighted by atomic mass is 32.1. The van der Waals surface area contributed by atoms with Gasteiger partial charge in [0.25, 0.3) is 5.91 Å². The number of thiophene rings is 1. The zero-order valence-electron chi connectivity index (χ0n) is 15.4. The van der Waals surface area contributed by atoms with E-state index in [2.05, 4.69) is 34.2 Å². The maximum Gasteiger partial charge on any atom is 0.324 e. The smallest absolute Gasteiger partial charge is 0.324 e. The Balaban J connectivity index is 1.47. The molecule has 0 atom stereocenters. The molecule has 2 aromatic rings. The summed E-state index contributed by atoms with van der Waals surface area (Å²) in [6, 6.07) is 11.1. The number of amides is 1. The van der Waals surface area contributed by atoms with Gasteiger partial charge in [0.15, 0.2) is 0 Å². The first-order chi connectivity index (χ1) is 13.0. The number of likely N-dealkylation sites (N-methyl/N-ethyl adjacent to an activating group) is 1. The van der Waals surface area contributed by atoms with E-state index in [1.54, 1.807) is 0 Å². The first-order valence-corrected chi connectivity index (χ1v) is 9.91. The minimum absolute atomic E-state index is 0.0238. The monoisotopic (exact) mass is 388 g/mol. The van der Waals surface area contributed by atoms with Gasteiger partial charge in [-0.1, -0.05) is 42.5 Å². The lowest BCUT2D eigenvalue weighted by Gasteiger charge is -2.34. The van der Waals surface area contributed by atoms with Gasteiger partial charge in [-0.3, -0.25) is 19.8 Å². The minimum atomic E-state index is -0.484. The predicted octanol–water partition coefficient (Wildman–Crippen LogP) is 2.72. The van der Waals surface area contributed by atoms with E-state index in [0.29, 0.717) is 11.4 Å². The number of hydrogen-bond donors (Lipinski definition) is 1. The summed E-state index contributed by atoms with van der Waals surface area (Å²) in [6.45, 7) is 9.11. The van der Waals surface area contributed by atoms with Crippen LogP contribution < -0.4 is 5.32 Å². The topological polar surface area (TPSA) is 78.7 Å². The first-order valence-electron chi connectivity index (χ1n) is 9.10. The molecule has 1 aliphatic heterocycles. The van der Waals surface area contributed by atoms with E-state index in [4.69, 9.17) is 0 Å². The molecule has 0 aliphatic carbocycles. The lowest BCUT2D eigenvalue weighted by molar-refractivity contribution is -0.380. The first kappa shape index (κ1) is 19.5.